The Morgan fingerprint density at radius 1 is 0.973 bits per heavy atom. The van der Waals surface area contributed by atoms with Crippen molar-refractivity contribution in [3.63, 3.8) is 0 Å². The van der Waals surface area contributed by atoms with Crippen molar-refractivity contribution in [2.75, 3.05) is 25.6 Å². The van der Waals surface area contributed by atoms with Crippen molar-refractivity contribution in [1.82, 2.24) is 10.2 Å². The highest BCUT2D eigenvalue weighted by atomic mass is 16.5. The van der Waals surface area contributed by atoms with E-state index in [1.165, 1.54) is 0 Å². The average molecular weight is 502 g/mol. The molecule has 3 aromatic rings. The molecular weight excluding hydrogens is 470 g/mol. The van der Waals surface area contributed by atoms with Crippen LogP contribution in [0.1, 0.15) is 35.6 Å². The van der Waals surface area contributed by atoms with Crippen molar-refractivity contribution >= 4 is 23.5 Å². The van der Waals surface area contributed by atoms with Crippen LogP contribution in [0, 0.1) is 6.92 Å². The minimum Gasteiger partial charge on any atom is -0.491 e. The molecule has 0 aromatic heterocycles. The SMILES string of the molecule is COCCOc1ccc([C@H]2NC(=O)N(C(C(=O)Nc3ccc(C)cc3)C(C)c3ccccc3)C2=O)cc1. The first kappa shape index (κ1) is 25.9. The summed E-state index contributed by atoms with van der Waals surface area (Å²) in [5.74, 6) is -0.740. The quantitative estimate of drug-likeness (QED) is 0.317. The van der Waals surface area contributed by atoms with E-state index in [9.17, 15) is 14.4 Å². The van der Waals surface area contributed by atoms with Crippen molar-refractivity contribution < 1.29 is 23.9 Å². The summed E-state index contributed by atoms with van der Waals surface area (Å²) in [5, 5.41) is 5.64. The molecule has 1 heterocycles. The van der Waals surface area contributed by atoms with E-state index < -0.39 is 35.8 Å². The highest BCUT2D eigenvalue weighted by molar-refractivity contribution is 6.09. The summed E-state index contributed by atoms with van der Waals surface area (Å²) in [4.78, 5) is 41.4. The molecule has 0 aliphatic carbocycles. The summed E-state index contributed by atoms with van der Waals surface area (Å²) in [7, 11) is 1.60. The molecule has 3 aromatic carbocycles. The molecular formula is C29H31N3O5. The third-order valence-electron chi connectivity index (χ3n) is 6.41. The maximum absolute atomic E-state index is 13.6. The van der Waals surface area contributed by atoms with E-state index >= 15 is 0 Å². The van der Waals surface area contributed by atoms with Gasteiger partial charge < -0.3 is 20.1 Å². The number of carbonyl (C=O) groups is 3. The maximum Gasteiger partial charge on any atom is 0.325 e. The second-order valence-electron chi connectivity index (χ2n) is 9.00. The Balaban J connectivity index is 1.60. The smallest absolute Gasteiger partial charge is 0.325 e. The molecule has 192 valence electrons. The second-order valence-corrected chi connectivity index (χ2v) is 9.00. The van der Waals surface area contributed by atoms with E-state index in [1.54, 1.807) is 43.5 Å². The third kappa shape index (κ3) is 5.98. The molecule has 4 amide bonds. The molecule has 0 radical (unpaired) electrons. The van der Waals surface area contributed by atoms with Crippen LogP contribution >= 0.6 is 0 Å². The van der Waals surface area contributed by atoms with Crippen molar-refractivity contribution in [3.05, 3.63) is 95.6 Å². The van der Waals surface area contributed by atoms with Gasteiger partial charge in [-0.3, -0.25) is 9.59 Å². The number of rotatable bonds is 10. The monoisotopic (exact) mass is 501 g/mol. The van der Waals surface area contributed by atoms with Crippen LogP contribution in [0.4, 0.5) is 10.5 Å². The largest absolute Gasteiger partial charge is 0.491 e. The van der Waals surface area contributed by atoms with Crippen molar-refractivity contribution in [2.45, 2.75) is 31.8 Å². The molecule has 3 atom stereocenters. The molecule has 8 nitrogen and oxygen atoms in total. The Morgan fingerprint density at radius 3 is 2.30 bits per heavy atom. The number of hydrogen-bond donors (Lipinski definition) is 2. The highest BCUT2D eigenvalue weighted by Gasteiger charge is 2.47. The van der Waals surface area contributed by atoms with Gasteiger partial charge in [0.1, 0.15) is 24.4 Å². The summed E-state index contributed by atoms with van der Waals surface area (Å²) in [6.07, 6.45) is 0. The molecule has 1 aliphatic heterocycles. The third-order valence-corrected chi connectivity index (χ3v) is 6.41. The second kappa shape index (κ2) is 11.7. The number of benzene rings is 3. The van der Waals surface area contributed by atoms with E-state index in [-0.39, 0.29) is 0 Å². The van der Waals surface area contributed by atoms with Crippen molar-refractivity contribution in [3.8, 4) is 5.75 Å². The molecule has 37 heavy (non-hydrogen) atoms. The summed E-state index contributed by atoms with van der Waals surface area (Å²) in [6, 6.07) is 21.1. The molecule has 1 fully saturated rings. The van der Waals surface area contributed by atoms with Crippen LogP contribution < -0.4 is 15.4 Å². The standard InChI is InChI=1S/C29H31N3O5/c1-19-9-13-23(14-10-19)30-27(33)26(20(2)21-7-5-4-6-8-21)32-28(34)25(31-29(32)35)22-11-15-24(16-12-22)37-18-17-36-3/h4-16,20,25-26H,17-18H2,1-3H3,(H,30,33)(H,31,35)/t20?,25-,26?/m1/s1. The molecule has 8 heteroatoms. The Kier molecular flexibility index (Phi) is 8.20. The van der Waals surface area contributed by atoms with Gasteiger partial charge in [0.15, 0.2) is 0 Å². The van der Waals surface area contributed by atoms with E-state index in [0.29, 0.717) is 30.2 Å². The Labute approximate surface area is 216 Å². The average Bonchev–Trinajstić information content (AvgIpc) is 3.20. The van der Waals surface area contributed by atoms with E-state index in [4.69, 9.17) is 9.47 Å². The Bertz CT molecular complexity index is 1230. The normalized spacial score (nSPS) is 16.7. The molecule has 2 N–H and O–H groups in total. The van der Waals surface area contributed by atoms with Gasteiger partial charge in [0.05, 0.1) is 6.61 Å². The fraction of sp³-hybridized carbons (Fsp3) is 0.276. The van der Waals surface area contributed by atoms with Gasteiger partial charge >= 0.3 is 6.03 Å². The van der Waals surface area contributed by atoms with Crippen LogP contribution in [0.2, 0.25) is 0 Å². The van der Waals surface area contributed by atoms with Gasteiger partial charge in [0, 0.05) is 18.7 Å². The number of amides is 4. The van der Waals surface area contributed by atoms with Gasteiger partial charge in [-0.25, -0.2) is 9.69 Å². The molecule has 2 unspecified atom stereocenters. The van der Waals surface area contributed by atoms with Crippen molar-refractivity contribution in [2.24, 2.45) is 0 Å². The first-order chi connectivity index (χ1) is 17.9. The van der Waals surface area contributed by atoms with Gasteiger partial charge in [-0.1, -0.05) is 67.1 Å². The number of urea groups is 1. The summed E-state index contributed by atoms with van der Waals surface area (Å²) >= 11 is 0. The molecule has 1 aliphatic rings. The predicted octanol–water partition coefficient (Wildman–Crippen LogP) is 4.42. The van der Waals surface area contributed by atoms with Crippen LogP contribution in [0.25, 0.3) is 0 Å². The molecule has 0 bridgehead atoms. The summed E-state index contributed by atoms with van der Waals surface area (Å²) in [5.41, 5.74) is 3.09. The fourth-order valence-electron chi connectivity index (χ4n) is 4.34. The van der Waals surface area contributed by atoms with E-state index in [1.807, 2.05) is 56.3 Å². The Hall–Kier alpha value is -4.17. The molecule has 0 saturated carbocycles. The zero-order chi connectivity index (χ0) is 26.4. The lowest BCUT2D eigenvalue weighted by Gasteiger charge is -2.30. The van der Waals surface area contributed by atoms with Gasteiger partial charge in [0.25, 0.3) is 5.91 Å². The van der Waals surface area contributed by atoms with Crippen LogP contribution in [-0.4, -0.2) is 49.1 Å². The number of anilines is 1. The number of nitrogens with one attached hydrogen (secondary N) is 2. The number of nitrogens with zero attached hydrogens (tertiary/aromatic N) is 1. The number of aryl methyl sites for hydroxylation is 1. The number of methoxy groups -OCH3 is 1. The lowest BCUT2D eigenvalue weighted by Crippen LogP contribution is -2.50. The molecule has 0 spiro atoms. The van der Waals surface area contributed by atoms with Crippen LogP contribution in [0.15, 0.2) is 78.9 Å². The fourth-order valence-corrected chi connectivity index (χ4v) is 4.34. The number of hydrogen-bond acceptors (Lipinski definition) is 5. The highest BCUT2D eigenvalue weighted by Crippen LogP contribution is 2.31. The van der Waals surface area contributed by atoms with E-state index in [2.05, 4.69) is 10.6 Å². The number of carbonyl (C=O) groups excluding carboxylic acids is 3. The van der Waals surface area contributed by atoms with Gasteiger partial charge in [-0.15, -0.1) is 0 Å². The van der Waals surface area contributed by atoms with Crippen molar-refractivity contribution in [1.29, 1.82) is 0 Å². The first-order valence-electron chi connectivity index (χ1n) is 12.2. The van der Waals surface area contributed by atoms with Crippen LogP contribution in [-0.2, 0) is 14.3 Å². The summed E-state index contributed by atoms with van der Waals surface area (Å²) in [6.45, 7) is 4.66. The zero-order valence-electron chi connectivity index (χ0n) is 21.1. The summed E-state index contributed by atoms with van der Waals surface area (Å²) < 4.78 is 10.6. The van der Waals surface area contributed by atoms with Crippen LogP contribution in [0.3, 0.4) is 0 Å². The lowest BCUT2D eigenvalue weighted by atomic mass is 9.91. The minimum absolute atomic E-state index is 0.401. The number of imide groups is 1. The lowest BCUT2D eigenvalue weighted by molar-refractivity contribution is -0.134. The molecule has 4 rings (SSSR count). The van der Waals surface area contributed by atoms with Gasteiger partial charge in [0.2, 0.25) is 5.91 Å². The van der Waals surface area contributed by atoms with Gasteiger partial charge in [-0.05, 0) is 42.3 Å². The van der Waals surface area contributed by atoms with Crippen LogP contribution in [0.5, 0.6) is 5.75 Å². The minimum atomic E-state index is -1.06. The number of ether oxygens (including phenoxy) is 2. The topological polar surface area (TPSA) is 97.0 Å². The van der Waals surface area contributed by atoms with Gasteiger partial charge in [-0.2, -0.15) is 0 Å². The zero-order valence-corrected chi connectivity index (χ0v) is 21.1. The predicted molar refractivity (Wildman–Crippen MR) is 140 cm³/mol. The first-order valence-corrected chi connectivity index (χ1v) is 12.2. The Morgan fingerprint density at radius 2 is 1.65 bits per heavy atom. The maximum atomic E-state index is 13.6. The molecule has 1 saturated heterocycles. The van der Waals surface area contributed by atoms with E-state index in [0.717, 1.165) is 16.0 Å².